The van der Waals surface area contributed by atoms with E-state index in [1.165, 1.54) is 44.6 Å². The standard InChI is InChI=1S/C23H24/c1-15-13-17-9-5-7-11-19(17)21(15)23(3,4)22-16(2)14-18-10-6-8-12-20(18)22/h5-6,9-14H,7-8H2,1-4H3. The molecular formula is C23H24. The highest BCUT2D eigenvalue weighted by Gasteiger charge is 2.39. The van der Waals surface area contributed by atoms with E-state index in [0.717, 1.165) is 12.8 Å². The molecule has 0 fully saturated rings. The molecule has 0 unspecified atom stereocenters. The summed E-state index contributed by atoms with van der Waals surface area (Å²) in [5.41, 5.74) is 11.6. The first kappa shape index (κ1) is 14.5. The molecular weight excluding hydrogens is 276 g/mol. The summed E-state index contributed by atoms with van der Waals surface area (Å²) < 4.78 is 0. The molecule has 4 aliphatic rings. The summed E-state index contributed by atoms with van der Waals surface area (Å²) in [5, 5.41) is 0. The van der Waals surface area contributed by atoms with Crippen molar-refractivity contribution in [1.29, 1.82) is 0 Å². The minimum atomic E-state index is 0.0265. The van der Waals surface area contributed by atoms with Gasteiger partial charge >= 0.3 is 0 Å². The molecule has 0 atom stereocenters. The quantitative estimate of drug-likeness (QED) is 0.561. The summed E-state index contributed by atoms with van der Waals surface area (Å²) in [6, 6.07) is 0. The van der Waals surface area contributed by atoms with Crippen LogP contribution in [0.1, 0.15) is 40.5 Å². The van der Waals surface area contributed by atoms with Crippen LogP contribution in [0, 0.1) is 5.41 Å². The van der Waals surface area contributed by atoms with Gasteiger partial charge in [-0.15, -0.1) is 0 Å². The smallest absolute Gasteiger partial charge is 0.0163 e. The van der Waals surface area contributed by atoms with Crippen LogP contribution in [-0.2, 0) is 0 Å². The zero-order valence-electron chi connectivity index (χ0n) is 14.5. The van der Waals surface area contributed by atoms with Gasteiger partial charge in [0.25, 0.3) is 0 Å². The SMILES string of the molecule is CC1=C(C(C)(C)C2=C(C)C=C3C=CCC=C32)C2=CCC=CC2=C1. The summed E-state index contributed by atoms with van der Waals surface area (Å²) in [6.07, 6.45) is 20.7. The van der Waals surface area contributed by atoms with Gasteiger partial charge in [0.2, 0.25) is 0 Å². The van der Waals surface area contributed by atoms with Gasteiger partial charge in [0, 0.05) is 5.41 Å². The average Bonchev–Trinajstić information content (AvgIpc) is 3.02. The van der Waals surface area contributed by atoms with Gasteiger partial charge in [-0.2, -0.15) is 0 Å². The number of fused-ring (bicyclic) bond motifs is 2. The predicted molar refractivity (Wildman–Crippen MR) is 99.0 cm³/mol. The van der Waals surface area contributed by atoms with Crippen LogP contribution in [0.2, 0.25) is 0 Å². The summed E-state index contributed by atoms with van der Waals surface area (Å²) in [7, 11) is 0. The minimum Gasteiger partial charge on any atom is -0.0801 e. The topological polar surface area (TPSA) is 0 Å². The van der Waals surface area contributed by atoms with Crippen LogP contribution in [0.5, 0.6) is 0 Å². The highest BCUT2D eigenvalue weighted by atomic mass is 14.4. The third kappa shape index (κ3) is 2.05. The second-order valence-corrected chi connectivity index (χ2v) is 7.45. The molecule has 0 heterocycles. The van der Waals surface area contributed by atoms with Crippen molar-refractivity contribution in [2.45, 2.75) is 40.5 Å². The molecule has 4 rings (SSSR count). The molecule has 0 nitrogen and oxygen atoms in total. The normalized spacial score (nSPS) is 22.8. The van der Waals surface area contributed by atoms with Gasteiger partial charge < -0.3 is 0 Å². The van der Waals surface area contributed by atoms with E-state index in [-0.39, 0.29) is 5.41 Å². The van der Waals surface area contributed by atoms with Crippen LogP contribution in [0.25, 0.3) is 0 Å². The lowest BCUT2D eigenvalue weighted by molar-refractivity contribution is 0.550. The first-order chi connectivity index (χ1) is 11.0. The van der Waals surface area contributed by atoms with Gasteiger partial charge in [0.1, 0.15) is 0 Å². The number of allylic oxidation sites excluding steroid dienone is 16. The van der Waals surface area contributed by atoms with Gasteiger partial charge in [-0.3, -0.25) is 0 Å². The zero-order valence-corrected chi connectivity index (χ0v) is 14.5. The van der Waals surface area contributed by atoms with Crippen LogP contribution < -0.4 is 0 Å². The van der Waals surface area contributed by atoms with Crippen LogP contribution in [0.3, 0.4) is 0 Å². The molecule has 0 radical (unpaired) electrons. The van der Waals surface area contributed by atoms with E-state index >= 15 is 0 Å². The van der Waals surface area contributed by atoms with Crippen molar-refractivity contribution < 1.29 is 0 Å². The summed E-state index contributed by atoms with van der Waals surface area (Å²) in [5.74, 6) is 0. The number of rotatable bonds is 2. The second-order valence-electron chi connectivity index (χ2n) is 7.45. The van der Waals surface area contributed by atoms with E-state index in [9.17, 15) is 0 Å². The highest BCUT2D eigenvalue weighted by molar-refractivity contribution is 5.72. The largest absolute Gasteiger partial charge is 0.0801 e. The van der Waals surface area contributed by atoms with Crippen molar-refractivity contribution >= 4 is 0 Å². The van der Waals surface area contributed by atoms with Gasteiger partial charge in [-0.1, -0.05) is 62.5 Å². The fraction of sp³-hybridized carbons (Fsp3) is 0.304. The van der Waals surface area contributed by atoms with E-state index in [1.807, 2.05) is 0 Å². The molecule has 116 valence electrons. The highest BCUT2D eigenvalue weighted by Crippen LogP contribution is 2.53. The zero-order chi connectivity index (χ0) is 16.2. The summed E-state index contributed by atoms with van der Waals surface area (Å²) in [4.78, 5) is 0. The molecule has 0 aromatic heterocycles. The molecule has 0 aromatic rings. The summed E-state index contributed by atoms with van der Waals surface area (Å²) in [6.45, 7) is 9.34. The maximum Gasteiger partial charge on any atom is 0.0163 e. The van der Waals surface area contributed by atoms with Crippen molar-refractivity contribution in [3.63, 3.8) is 0 Å². The third-order valence-corrected chi connectivity index (χ3v) is 5.45. The molecule has 0 heteroatoms. The maximum absolute atomic E-state index is 2.40. The van der Waals surface area contributed by atoms with Crippen LogP contribution in [-0.4, -0.2) is 0 Å². The number of hydrogen-bond donors (Lipinski definition) is 0. The first-order valence-electron chi connectivity index (χ1n) is 8.61. The van der Waals surface area contributed by atoms with Crippen molar-refractivity contribution in [2.24, 2.45) is 5.41 Å². The third-order valence-electron chi connectivity index (χ3n) is 5.45. The monoisotopic (exact) mass is 300 g/mol. The van der Waals surface area contributed by atoms with Crippen molar-refractivity contribution in [3.05, 3.63) is 93.2 Å². The lowest BCUT2D eigenvalue weighted by Crippen LogP contribution is -2.22. The molecule has 0 spiro atoms. The Balaban J connectivity index is 1.81. The Morgan fingerprint density at radius 1 is 0.739 bits per heavy atom. The average molecular weight is 300 g/mol. The van der Waals surface area contributed by atoms with Crippen LogP contribution >= 0.6 is 0 Å². The van der Waals surface area contributed by atoms with E-state index in [2.05, 4.69) is 76.3 Å². The Labute approximate surface area is 139 Å². The fourth-order valence-corrected chi connectivity index (χ4v) is 4.74. The predicted octanol–water partition coefficient (Wildman–Crippen LogP) is 6.30. The maximum atomic E-state index is 2.40. The Morgan fingerprint density at radius 2 is 1.17 bits per heavy atom. The molecule has 4 aliphatic carbocycles. The minimum absolute atomic E-state index is 0.0265. The van der Waals surface area contributed by atoms with Crippen LogP contribution in [0.15, 0.2) is 93.2 Å². The van der Waals surface area contributed by atoms with E-state index in [0.29, 0.717) is 0 Å². The Hall–Kier alpha value is -2.08. The van der Waals surface area contributed by atoms with E-state index < -0.39 is 0 Å². The second kappa shape index (κ2) is 4.96. The molecule has 0 aromatic carbocycles. The summed E-state index contributed by atoms with van der Waals surface area (Å²) >= 11 is 0. The molecule has 0 amide bonds. The molecule has 0 saturated carbocycles. The van der Waals surface area contributed by atoms with Crippen LogP contribution in [0.4, 0.5) is 0 Å². The molecule has 0 aliphatic heterocycles. The molecule has 0 bridgehead atoms. The Kier molecular flexibility index (Phi) is 3.13. The lowest BCUT2D eigenvalue weighted by atomic mass is 9.69. The number of hydrogen-bond acceptors (Lipinski definition) is 0. The molecule has 23 heavy (non-hydrogen) atoms. The van der Waals surface area contributed by atoms with Gasteiger partial charge in [-0.25, -0.2) is 0 Å². The van der Waals surface area contributed by atoms with Gasteiger partial charge in [0.05, 0.1) is 0 Å². The van der Waals surface area contributed by atoms with Crippen molar-refractivity contribution in [1.82, 2.24) is 0 Å². The Bertz CT molecular complexity index is 766. The fourth-order valence-electron chi connectivity index (χ4n) is 4.74. The van der Waals surface area contributed by atoms with E-state index in [1.54, 1.807) is 0 Å². The van der Waals surface area contributed by atoms with E-state index in [4.69, 9.17) is 0 Å². The van der Waals surface area contributed by atoms with Crippen molar-refractivity contribution in [2.75, 3.05) is 0 Å². The Morgan fingerprint density at radius 3 is 1.61 bits per heavy atom. The molecule has 0 saturated heterocycles. The lowest BCUT2D eigenvalue weighted by Gasteiger charge is -2.34. The van der Waals surface area contributed by atoms with Gasteiger partial charge in [0.15, 0.2) is 0 Å². The molecule has 0 N–H and O–H groups in total. The van der Waals surface area contributed by atoms with Gasteiger partial charge in [-0.05, 0) is 71.3 Å². The van der Waals surface area contributed by atoms with Crippen molar-refractivity contribution in [3.8, 4) is 0 Å². The first-order valence-corrected chi connectivity index (χ1v) is 8.61.